The first kappa shape index (κ1) is 79.4. The van der Waals surface area contributed by atoms with Crippen LogP contribution >= 0.6 is 34.3 Å². The summed E-state index contributed by atoms with van der Waals surface area (Å²) in [5.41, 5.74) is 2.63. The lowest BCUT2D eigenvalue weighted by Crippen LogP contribution is -2.48. The molecule has 0 fully saturated rings. The van der Waals surface area contributed by atoms with Crippen molar-refractivity contribution in [2.24, 2.45) is 0 Å². The molecule has 0 aromatic heterocycles. The maximum Gasteiger partial charge on any atom is 0.476 e. The number of ether oxygens (including phenoxy) is 2. The number of carbonyl (C=O) groups excluding carboxylic acids is 6. The average Bonchev–Trinajstić information content (AvgIpc) is 3.35. The highest BCUT2D eigenvalue weighted by Crippen LogP contribution is 2.36. The molecule has 0 atom stereocenters. The summed E-state index contributed by atoms with van der Waals surface area (Å²) < 4.78 is 111. The van der Waals surface area contributed by atoms with E-state index in [-0.39, 0.29) is 47.8 Å². The Balaban J connectivity index is -0.00000102. The van der Waals surface area contributed by atoms with E-state index in [4.69, 9.17) is 42.7 Å². The topological polar surface area (TPSA) is 228 Å². The molecule has 2 aliphatic heterocycles. The molecule has 0 aliphatic carbocycles. The van der Waals surface area contributed by atoms with E-state index >= 15 is 0 Å². The number of nitrogens with zero attached hydrogens (tertiary/aromatic N) is 3. The van der Waals surface area contributed by atoms with Crippen LogP contribution in [0.2, 0.25) is 19.6 Å². The van der Waals surface area contributed by atoms with E-state index in [1.54, 1.807) is 30.3 Å². The number of unbranched alkanes of at least 4 members (excludes halogenated alkanes) is 2. The smallest absolute Gasteiger partial charge is 0.467 e. The molecule has 2 heterocycles. The lowest BCUT2D eigenvalue weighted by atomic mass is 9.90. The summed E-state index contributed by atoms with van der Waals surface area (Å²) in [5.74, 6) is -7.02. The van der Waals surface area contributed by atoms with Gasteiger partial charge < -0.3 is 9.47 Å². The van der Waals surface area contributed by atoms with Crippen molar-refractivity contribution >= 4 is 128 Å². The number of alkyl halides is 5. The third-order valence-corrected chi connectivity index (χ3v) is 11.6. The van der Waals surface area contributed by atoms with Crippen LogP contribution in [0.1, 0.15) is 134 Å². The number of hydroxylamine groups is 4. The number of hydrogen-bond donors (Lipinski definition) is 1. The Morgan fingerprint density at radius 3 is 1.31 bits per heavy atom. The molecule has 0 bridgehead atoms. The van der Waals surface area contributed by atoms with E-state index in [1.165, 1.54) is 18.2 Å². The van der Waals surface area contributed by atoms with Gasteiger partial charge in [0.15, 0.2) is 6.67 Å². The zero-order chi connectivity index (χ0) is 60.7. The monoisotopic (exact) mass is 1250 g/mol. The van der Waals surface area contributed by atoms with Gasteiger partial charge in [0.25, 0.3) is 23.6 Å². The quantitative estimate of drug-likeness (QED) is 0.0181. The van der Waals surface area contributed by atoms with Crippen molar-refractivity contribution in [1.29, 1.82) is 0 Å². The zero-order valence-corrected chi connectivity index (χ0v) is 50.7. The van der Waals surface area contributed by atoms with Crippen molar-refractivity contribution in [3.8, 4) is 0 Å². The molecule has 0 spiro atoms. The molecule has 4 aromatic rings. The van der Waals surface area contributed by atoms with Crippen molar-refractivity contribution in [2.45, 2.75) is 131 Å². The van der Waals surface area contributed by atoms with Gasteiger partial charge in [0, 0.05) is 31.3 Å². The molecule has 6 rings (SSSR count). The second-order valence-corrected chi connectivity index (χ2v) is 28.5. The maximum atomic E-state index is 13.9. The lowest BCUT2D eigenvalue weighted by molar-refractivity contribution is -0.159. The standard InChI is InChI=1S/C19H17F2NO7S.C16H15NO3.C8H19N.C3H9ClSi.C3H5FO2.CH2Cl2.CH4.B.F2O2S/c1-3-4-6-11-9-10-14-15-12(11)7-5-8-13(15)16(23)22(17(14)24)29-30(26,27)19(20,21)18(25)28-2;1-2-3-5-10-8-9-13-14-11(10)6-4-7-12(14)15(18)17(20)16(13)19;1-6-9(7(2)3)8(4)5;1-5(2,3)4;1-6-3(5)2-4;2-1-3;;;1-5(2,3)4/h5,7-10H,3-4,6H2,1-2H3;4,6-9,20H,2-3,5H2,1H3;7-8H,6H2,1-5H3;1-3H3;2H2,1H3;1H2;1H4;;. The van der Waals surface area contributed by atoms with Gasteiger partial charge in [-0.15, -0.1) is 37.6 Å². The molecule has 2 aliphatic rings. The van der Waals surface area contributed by atoms with Crippen LogP contribution in [-0.4, -0.2) is 139 Å². The fraction of sp³-hybridized carbons (Fsp3) is 0.490. The Bertz CT molecular complexity index is 2850. The first-order valence-electron chi connectivity index (χ1n) is 23.8. The van der Waals surface area contributed by atoms with Crippen molar-refractivity contribution in [3.05, 3.63) is 94.0 Å². The highest BCUT2D eigenvalue weighted by molar-refractivity contribution is 7.88. The summed E-state index contributed by atoms with van der Waals surface area (Å²) in [7, 11) is -11.2. The minimum absolute atomic E-state index is 0. The summed E-state index contributed by atoms with van der Waals surface area (Å²) >= 11 is 15.2. The summed E-state index contributed by atoms with van der Waals surface area (Å²) in [5, 5.41) is 7.09. The van der Waals surface area contributed by atoms with Crippen LogP contribution in [0, 0.1) is 0 Å². The van der Waals surface area contributed by atoms with Gasteiger partial charge in [-0.2, -0.15) is 36.7 Å². The molecular weight excluding hydrogens is 1180 g/mol. The number of methoxy groups -OCH3 is 2. The highest BCUT2D eigenvalue weighted by Gasteiger charge is 2.58. The van der Waals surface area contributed by atoms with Gasteiger partial charge in [0.2, 0.25) is 0 Å². The number of rotatable bonds is 14. The van der Waals surface area contributed by atoms with Crippen molar-refractivity contribution < 1.29 is 85.5 Å². The Morgan fingerprint density at radius 2 is 1.04 bits per heavy atom. The van der Waals surface area contributed by atoms with Crippen molar-refractivity contribution in [1.82, 2.24) is 15.0 Å². The largest absolute Gasteiger partial charge is 0.476 e. The van der Waals surface area contributed by atoms with Gasteiger partial charge in [-0.05, 0) is 106 Å². The van der Waals surface area contributed by atoms with Crippen molar-refractivity contribution in [3.63, 3.8) is 0 Å². The zero-order valence-electron chi connectivity index (χ0n) is 45.8. The first-order valence-corrected chi connectivity index (χ1v) is 32.1. The first-order chi connectivity index (χ1) is 36.0. The molecule has 0 saturated heterocycles. The Hall–Kier alpha value is -4.80. The minimum atomic E-state index is -6.05. The molecule has 0 unspecified atom stereocenters. The van der Waals surface area contributed by atoms with Crippen LogP contribution in [0.3, 0.4) is 0 Å². The van der Waals surface area contributed by atoms with E-state index in [0.29, 0.717) is 47.5 Å². The molecule has 0 saturated carbocycles. The lowest BCUT2D eigenvalue weighted by Gasteiger charge is -2.28. The van der Waals surface area contributed by atoms with Crippen LogP contribution in [0.4, 0.5) is 20.9 Å². The number of hydrogen-bond acceptors (Lipinski definition) is 15. The van der Waals surface area contributed by atoms with Crippen LogP contribution < -0.4 is 0 Å². The number of imide groups is 2. The molecule has 4 amide bonds. The molecule has 4 aromatic carbocycles. The van der Waals surface area contributed by atoms with E-state index in [9.17, 15) is 63.3 Å². The second kappa shape index (κ2) is 36.6. The molecule has 17 nitrogen and oxygen atoms in total. The number of esters is 2. The highest BCUT2D eigenvalue weighted by atomic mass is 35.6. The fourth-order valence-electron chi connectivity index (χ4n) is 7.26. The van der Waals surface area contributed by atoms with Gasteiger partial charge in [0.05, 0.1) is 41.8 Å². The van der Waals surface area contributed by atoms with Crippen molar-refractivity contribution in [2.75, 3.05) is 32.8 Å². The number of benzene rings is 4. The molecule has 3 radical (unpaired) electrons. The van der Waals surface area contributed by atoms with Gasteiger partial charge in [-0.1, -0.05) is 105 Å². The van der Waals surface area contributed by atoms with E-state index in [2.05, 4.69) is 79.8 Å². The van der Waals surface area contributed by atoms with E-state index in [1.807, 2.05) is 19.1 Å². The number of aryl methyl sites for hydroxylation is 2. The minimum Gasteiger partial charge on any atom is -0.467 e. The number of carbonyl (C=O) groups is 6. The summed E-state index contributed by atoms with van der Waals surface area (Å²) in [4.78, 5) is 72.6. The molecule has 1 N–H and O–H groups in total. The maximum absolute atomic E-state index is 13.9. The van der Waals surface area contributed by atoms with Gasteiger partial charge in [0.1, 0.15) is 7.38 Å². The van der Waals surface area contributed by atoms with Gasteiger partial charge in [-0.3, -0.25) is 29.3 Å². The fourth-order valence-corrected chi connectivity index (χ4v) is 7.98. The van der Waals surface area contributed by atoms with Gasteiger partial charge in [-0.25, -0.2) is 14.0 Å². The van der Waals surface area contributed by atoms with Crippen LogP contribution in [0.25, 0.3) is 21.5 Å². The molecule has 80 heavy (non-hydrogen) atoms. The second-order valence-electron chi connectivity index (χ2n) is 17.8. The summed E-state index contributed by atoms with van der Waals surface area (Å²) in [6, 6.07) is 18.0. The van der Waals surface area contributed by atoms with Gasteiger partial charge >= 0.3 is 37.9 Å². The average molecular weight is 1250 g/mol. The molecular formula is C51H71BCl3F5N3O14S2Si. The Morgan fingerprint density at radius 1 is 0.700 bits per heavy atom. The molecule has 449 valence electrons. The summed E-state index contributed by atoms with van der Waals surface area (Å²) in [6.07, 6.45) is 5.56. The third-order valence-electron chi connectivity index (χ3n) is 10.5. The van der Waals surface area contributed by atoms with E-state index in [0.717, 1.165) is 62.3 Å². The predicted molar refractivity (Wildman–Crippen MR) is 305 cm³/mol. The number of amides is 4. The SMILES string of the molecule is C.CCCCc1ccc2c3c(cccc13)C(=O)N(O)C2=O.CCCCc1ccc2c3c(cccc13)C(=O)N(OS(=O)(=O)C(F)(F)C(=O)OC)C2=O.CCN(C(C)C)C(C)C.COC(=O)CF.C[Si](C)(C)Cl.ClCCl.O=S(=O)(F)F.[B]. The molecule has 29 heteroatoms. The van der Waals surface area contributed by atoms with Crippen LogP contribution in [-0.2, 0) is 56.9 Å². The van der Waals surface area contributed by atoms with E-state index < -0.39 is 75.6 Å². The summed E-state index contributed by atoms with van der Waals surface area (Å²) in [6.45, 7) is 21.7. The Kier molecular flexibility index (Phi) is 36.4. The number of halogens is 8. The van der Waals surface area contributed by atoms with Crippen LogP contribution in [0.15, 0.2) is 60.7 Å². The normalized spacial score (nSPS) is 12.6. The predicted octanol–water partition coefficient (Wildman–Crippen LogP) is 12.1. The third kappa shape index (κ3) is 24.3. The van der Waals surface area contributed by atoms with Crippen LogP contribution in [0.5, 0.6) is 0 Å². The Labute approximate surface area is 484 Å².